The van der Waals surface area contributed by atoms with Crippen LogP contribution in [0, 0.1) is 5.82 Å². The number of benzene rings is 1. The molecule has 1 rings (SSSR count). The molecule has 0 unspecified atom stereocenters. The standard InChI is InChI=1S/C10H12BF4O3S/c1-19(16,17)6-2-5-18-10-7-8(11(13,14)15)3-4-9(10)12/h3-4,7H,2,5-6H2,1H3/q-1. The summed E-state index contributed by atoms with van der Waals surface area (Å²) in [6, 6.07) is 1.89. The van der Waals surface area contributed by atoms with Crippen LogP contribution in [0.4, 0.5) is 17.3 Å². The van der Waals surface area contributed by atoms with Crippen molar-refractivity contribution in [2.45, 2.75) is 6.42 Å². The third-order valence-corrected chi connectivity index (χ3v) is 3.28. The van der Waals surface area contributed by atoms with Crippen molar-refractivity contribution in [1.82, 2.24) is 0 Å². The van der Waals surface area contributed by atoms with Gasteiger partial charge in [0, 0.05) is 6.26 Å². The maximum absolute atomic E-state index is 13.2. The Morgan fingerprint density at radius 3 is 2.42 bits per heavy atom. The molecule has 3 nitrogen and oxygen atoms in total. The fraction of sp³-hybridized carbons (Fsp3) is 0.400. The average Bonchev–Trinajstić information content (AvgIpc) is 2.23. The van der Waals surface area contributed by atoms with Gasteiger partial charge in [-0.1, -0.05) is 6.07 Å². The van der Waals surface area contributed by atoms with E-state index in [-0.39, 0.29) is 18.8 Å². The second kappa shape index (κ2) is 5.81. The van der Waals surface area contributed by atoms with E-state index in [4.69, 9.17) is 4.74 Å². The van der Waals surface area contributed by atoms with Crippen LogP contribution in [0.1, 0.15) is 6.42 Å². The van der Waals surface area contributed by atoms with Gasteiger partial charge in [0.1, 0.15) is 9.84 Å². The molecule has 1 aromatic rings. The fourth-order valence-corrected chi connectivity index (χ4v) is 1.98. The predicted molar refractivity (Wildman–Crippen MR) is 64.9 cm³/mol. The van der Waals surface area contributed by atoms with E-state index < -0.39 is 33.8 Å². The molecule has 19 heavy (non-hydrogen) atoms. The summed E-state index contributed by atoms with van der Waals surface area (Å²) >= 11 is 0. The minimum atomic E-state index is -5.23. The molecule has 9 heteroatoms. The Balaban J connectivity index is 2.68. The number of hydrogen-bond acceptors (Lipinski definition) is 3. The Kier molecular flexibility index (Phi) is 4.83. The summed E-state index contributed by atoms with van der Waals surface area (Å²) in [5.74, 6) is -1.61. The van der Waals surface area contributed by atoms with Crippen molar-refractivity contribution in [2.24, 2.45) is 0 Å². The first-order valence-electron chi connectivity index (χ1n) is 5.39. The van der Waals surface area contributed by atoms with Gasteiger partial charge < -0.3 is 17.7 Å². The van der Waals surface area contributed by atoms with Crippen LogP contribution in [0.15, 0.2) is 18.2 Å². The fourth-order valence-electron chi connectivity index (χ4n) is 1.34. The summed E-state index contributed by atoms with van der Waals surface area (Å²) in [7, 11) is -3.17. The van der Waals surface area contributed by atoms with Gasteiger partial charge in [-0.2, -0.15) is 0 Å². The first-order chi connectivity index (χ1) is 8.59. The van der Waals surface area contributed by atoms with Crippen LogP contribution in [-0.2, 0) is 9.84 Å². The van der Waals surface area contributed by atoms with Crippen molar-refractivity contribution in [2.75, 3.05) is 18.6 Å². The van der Waals surface area contributed by atoms with Crippen molar-refractivity contribution in [3.05, 3.63) is 24.0 Å². The summed E-state index contributed by atoms with van der Waals surface area (Å²) in [5.41, 5.74) is -0.959. The Bertz CT molecular complexity index is 542. The summed E-state index contributed by atoms with van der Waals surface area (Å²) < 4.78 is 77.0. The quantitative estimate of drug-likeness (QED) is 0.456. The van der Waals surface area contributed by atoms with Crippen LogP contribution >= 0.6 is 0 Å². The predicted octanol–water partition coefficient (Wildman–Crippen LogP) is 1.69. The van der Waals surface area contributed by atoms with Crippen molar-refractivity contribution in [1.29, 1.82) is 0 Å². The zero-order valence-electron chi connectivity index (χ0n) is 10.1. The number of sulfone groups is 1. The number of ether oxygens (including phenoxy) is 1. The van der Waals surface area contributed by atoms with Gasteiger partial charge in [-0.25, -0.2) is 12.8 Å². The third-order valence-electron chi connectivity index (χ3n) is 2.25. The Morgan fingerprint density at radius 1 is 1.26 bits per heavy atom. The van der Waals surface area contributed by atoms with E-state index in [1.807, 2.05) is 0 Å². The second-order valence-electron chi connectivity index (χ2n) is 4.10. The van der Waals surface area contributed by atoms with Crippen molar-refractivity contribution < 1.29 is 30.5 Å². The molecule has 0 fully saturated rings. The topological polar surface area (TPSA) is 43.4 Å². The highest BCUT2D eigenvalue weighted by molar-refractivity contribution is 7.90. The molecule has 0 radical (unpaired) electrons. The van der Waals surface area contributed by atoms with Crippen molar-refractivity contribution >= 4 is 22.3 Å². The number of halogens is 4. The monoisotopic (exact) mass is 299 g/mol. The lowest BCUT2D eigenvalue weighted by Crippen LogP contribution is -2.34. The number of rotatable bonds is 6. The molecule has 1 aromatic carbocycles. The summed E-state index contributed by atoms with van der Waals surface area (Å²) in [6.45, 7) is -5.39. The Morgan fingerprint density at radius 2 is 1.89 bits per heavy atom. The molecule has 0 aliphatic rings. The number of hydrogen-bond donors (Lipinski definition) is 0. The lowest BCUT2D eigenvalue weighted by Gasteiger charge is -2.16. The molecule has 0 bridgehead atoms. The van der Waals surface area contributed by atoms with Gasteiger partial charge in [-0.3, -0.25) is 0 Å². The molecular weight excluding hydrogens is 287 g/mol. The van der Waals surface area contributed by atoms with Crippen molar-refractivity contribution in [3.8, 4) is 5.75 Å². The highest BCUT2D eigenvalue weighted by atomic mass is 32.2. The molecule has 0 N–H and O–H groups in total. The van der Waals surface area contributed by atoms with Gasteiger partial charge in [0.15, 0.2) is 11.6 Å². The molecule has 0 saturated carbocycles. The molecule has 0 aliphatic heterocycles. The SMILES string of the molecule is CS(=O)(=O)CCCOc1cc([B-](F)(F)F)ccc1F. The van der Waals surface area contributed by atoms with E-state index in [1.165, 1.54) is 0 Å². The summed E-state index contributed by atoms with van der Waals surface area (Å²) in [4.78, 5) is 0. The Hall–Kier alpha value is -1.25. The lowest BCUT2D eigenvalue weighted by atomic mass is 9.80. The van der Waals surface area contributed by atoms with Gasteiger partial charge in [0.2, 0.25) is 0 Å². The van der Waals surface area contributed by atoms with Gasteiger partial charge in [0.25, 0.3) is 0 Å². The van der Waals surface area contributed by atoms with E-state index in [2.05, 4.69) is 0 Å². The average molecular weight is 299 g/mol. The van der Waals surface area contributed by atoms with E-state index >= 15 is 0 Å². The molecule has 0 aliphatic carbocycles. The second-order valence-corrected chi connectivity index (χ2v) is 6.36. The van der Waals surface area contributed by atoms with Gasteiger partial charge in [0.05, 0.1) is 12.4 Å². The van der Waals surface area contributed by atoms with E-state index in [1.54, 1.807) is 0 Å². The largest absolute Gasteiger partial charge is 0.509 e. The molecule has 0 atom stereocenters. The molecule has 0 aromatic heterocycles. The summed E-state index contributed by atoms with van der Waals surface area (Å²) in [5, 5.41) is 0. The first-order valence-corrected chi connectivity index (χ1v) is 7.45. The van der Waals surface area contributed by atoms with Gasteiger partial charge in [-0.15, -0.1) is 5.46 Å². The maximum Gasteiger partial charge on any atom is 0.509 e. The highest BCUT2D eigenvalue weighted by Crippen LogP contribution is 2.18. The molecule has 108 valence electrons. The van der Waals surface area contributed by atoms with Crippen LogP contribution in [0.2, 0.25) is 0 Å². The minimum Gasteiger partial charge on any atom is -0.491 e. The van der Waals surface area contributed by atoms with Crippen LogP contribution in [0.25, 0.3) is 0 Å². The van der Waals surface area contributed by atoms with Crippen LogP contribution in [0.5, 0.6) is 5.75 Å². The smallest absolute Gasteiger partial charge is 0.491 e. The zero-order chi connectivity index (χ0) is 14.7. The molecule has 0 amide bonds. The van der Waals surface area contributed by atoms with E-state index in [0.29, 0.717) is 18.2 Å². The third kappa shape index (κ3) is 5.50. The van der Waals surface area contributed by atoms with Crippen LogP contribution in [-0.4, -0.2) is 34.0 Å². The molecule has 0 spiro atoms. The van der Waals surface area contributed by atoms with E-state index in [9.17, 15) is 25.8 Å². The van der Waals surface area contributed by atoms with Crippen molar-refractivity contribution in [3.63, 3.8) is 0 Å². The highest BCUT2D eigenvalue weighted by Gasteiger charge is 2.26. The Labute approximate surface area is 108 Å². The molecular formula is C10H12BF4O3S-. The molecule has 0 heterocycles. The maximum atomic E-state index is 13.2. The first kappa shape index (κ1) is 15.8. The normalized spacial score (nSPS) is 12.5. The van der Waals surface area contributed by atoms with Gasteiger partial charge >= 0.3 is 6.98 Å². The lowest BCUT2D eigenvalue weighted by molar-refractivity contribution is 0.302. The zero-order valence-corrected chi connectivity index (χ0v) is 10.9. The minimum absolute atomic E-state index is 0.0830. The van der Waals surface area contributed by atoms with Crippen LogP contribution in [0.3, 0.4) is 0 Å². The summed E-state index contributed by atoms with van der Waals surface area (Å²) in [6.07, 6.45) is 1.11. The molecule has 0 saturated heterocycles. The van der Waals surface area contributed by atoms with Crippen LogP contribution < -0.4 is 10.2 Å². The van der Waals surface area contributed by atoms with E-state index in [0.717, 1.165) is 6.26 Å². The van der Waals surface area contributed by atoms with Gasteiger partial charge in [-0.05, 0) is 18.6 Å².